The van der Waals surface area contributed by atoms with Gasteiger partial charge in [0.05, 0.1) is 22.7 Å². The molecule has 4 N–H and O–H groups in total. The number of halogens is 2. The first-order chi connectivity index (χ1) is 18.9. The van der Waals surface area contributed by atoms with Crippen LogP contribution in [0, 0.1) is 18.6 Å². The predicted octanol–water partition coefficient (Wildman–Crippen LogP) is 5.54. The number of hydrogen-bond donors (Lipinski definition) is 3. The standard InChI is InChI=1S/C23H19F2N5O2S.C5H11N/c1-14-12-18(32-22-16(8-5-10-27-22)17-9-11-28-23(26)29-17)19(24)20(25)21(14)30-33(31)13-15-6-3-2-4-7-15;1-2-4-6-5-3-1/h2-12,30H,13H2,1H3,(H2,26,28,29);6H,1-5H2. The molecule has 2 aromatic carbocycles. The van der Waals surface area contributed by atoms with E-state index in [-0.39, 0.29) is 29.0 Å². The van der Waals surface area contributed by atoms with E-state index < -0.39 is 22.6 Å². The largest absolute Gasteiger partial charge is 0.435 e. The van der Waals surface area contributed by atoms with Crippen molar-refractivity contribution in [1.29, 1.82) is 0 Å². The fraction of sp³-hybridized carbons (Fsp3) is 0.250. The summed E-state index contributed by atoms with van der Waals surface area (Å²) in [6, 6.07) is 15.3. The molecule has 0 aliphatic carbocycles. The monoisotopic (exact) mass is 552 g/mol. The van der Waals surface area contributed by atoms with Crippen LogP contribution in [0.15, 0.2) is 67.0 Å². The third-order valence-electron chi connectivity index (χ3n) is 5.86. The lowest BCUT2D eigenvalue weighted by Gasteiger charge is -2.15. The van der Waals surface area contributed by atoms with Gasteiger partial charge in [0.1, 0.15) is 11.0 Å². The maximum atomic E-state index is 14.9. The van der Waals surface area contributed by atoms with E-state index in [0.29, 0.717) is 16.8 Å². The van der Waals surface area contributed by atoms with Crippen LogP contribution in [-0.2, 0) is 16.7 Å². The number of piperidine rings is 1. The number of ether oxygens (including phenoxy) is 1. The average Bonchev–Trinajstić information content (AvgIpc) is 2.96. The lowest BCUT2D eigenvalue weighted by molar-refractivity contribution is 0.407. The zero-order valence-corrected chi connectivity index (χ0v) is 22.3. The molecule has 0 amide bonds. The lowest BCUT2D eigenvalue weighted by Crippen LogP contribution is -2.21. The van der Waals surface area contributed by atoms with Gasteiger partial charge in [0.2, 0.25) is 17.6 Å². The minimum Gasteiger partial charge on any atom is -0.435 e. The summed E-state index contributed by atoms with van der Waals surface area (Å²) in [4.78, 5) is 12.1. The van der Waals surface area contributed by atoms with Crippen LogP contribution in [0.5, 0.6) is 11.6 Å². The molecular formula is C28H30F2N6O2S. The Balaban J connectivity index is 0.000000519. The van der Waals surface area contributed by atoms with Crippen molar-refractivity contribution in [3.05, 3.63) is 89.8 Å². The molecule has 11 heteroatoms. The van der Waals surface area contributed by atoms with Gasteiger partial charge in [-0.25, -0.2) is 23.6 Å². The summed E-state index contributed by atoms with van der Waals surface area (Å²) in [5, 5.41) is 3.28. The fourth-order valence-corrected chi connectivity index (χ4v) is 4.94. The van der Waals surface area contributed by atoms with Gasteiger partial charge in [-0.1, -0.05) is 36.8 Å². The molecular weight excluding hydrogens is 522 g/mol. The molecule has 4 aromatic rings. The molecule has 0 saturated carbocycles. The van der Waals surface area contributed by atoms with Gasteiger partial charge >= 0.3 is 0 Å². The number of anilines is 2. The van der Waals surface area contributed by atoms with E-state index in [2.05, 4.69) is 25.0 Å². The lowest BCUT2D eigenvalue weighted by atomic mass is 10.1. The highest BCUT2D eigenvalue weighted by molar-refractivity contribution is 7.85. The second-order valence-electron chi connectivity index (χ2n) is 8.84. The van der Waals surface area contributed by atoms with Gasteiger partial charge in [0.25, 0.3) is 0 Å². The molecule has 0 bridgehead atoms. The third-order valence-corrected chi connectivity index (χ3v) is 6.89. The Morgan fingerprint density at radius 1 is 1.00 bits per heavy atom. The molecule has 2 aromatic heterocycles. The Morgan fingerprint density at radius 2 is 1.77 bits per heavy atom. The van der Waals surface area contributed by atoms with Crippen LogP contribution in [0.3, 0.4) is 0 Å². The van der Waals surface area contributed by atoms with Crippen molar-refractivity contribution in [2.75, 3.05) is 23.5 Å². The zero-order chi connectivity index (χ0) is 27.6. The second kappa shape index (κ2) is 13.7. The maximum absolute atomic E-state index is 14.9. The fourth-order valence-electron chi connectivity index (χ4n) is 3.90. The minimum atomic E-state index is -1.66. The van der Waals surface area contributed by atoms with Gasteiger partial charge in [-0.15, -0.1) is 0 Å². The summed E-state index contributed by atoms with van der Waals surface area (Å²) in [5.41, 5.74) is 7.40. The van der Waals surface area contributed by atoms with Gasteiger partial charge in [-0.3, -0.25) is 0 Å². The number of aryl methyl sites for hydroxylation is 1. The molecule has 1 aliphatic rings. The number of nitrogen functional groups attached to an aromatic ring is 1. The first kappa shape index (κ1) is 28.1. The highest BCUT2D eigenvalue weighted by Gasteiger charge is 2.21. The molecule has 1 atom stereocenters. The zero-order valence-electron chi connectivity index (χ0n) is 21.5. The summed E-state index contributed by atoms with van der Waals surface area (Å²) < 4.78 is 50.4. The molecule has 0 radical (unpaired) electrons. The van der Waals surface area contributed by atoms with Gasteiger partial charge in [-0.05, 0) is 68.2 Å². The normalized spacial score (nSPS) is 13.6. The summed E-state index contributed by atoms with van der Waals surface area (Å²) in [5.74, 6) is -2.60. The number of nitrogens with one attached hydrogen (secondary N) is 2. The quantitative estimate of drug-likeness (QED) is 0.276. The minimum absolute atomic E-state index is 0.0154. The molecule has 1 aliphatic heterocycles. The highest BCUT2D eigenvalue weighted by atomic mass is 32.2. The Bertz CT molecular complexity index is 1410. The molecule has 0 spiro atoms. The van der Waals surface area contributed by atoms with Crippen LogP contribution in [0.2, 0.25) is 0 Å². The number of benzene rings is 2. The Morgan fingerprint density at radius 3 is 2.44 bits per heavy atom. The molecule has 204 valence electrons. The summed E-state index contributed by atoms with van der Waals surface area (Å²) >= 11 is 0. The van der Waals surface area contributed by atoms with Gasteiger partial charge < -0.3 is 20.5 Å². The van der Waals surface area contributed by atoms with E-state index in [1.165, 1.54) is 50.8 Å². The van der Waals surface area contributed by atoms with Crippen molar-refractivity contribution in [1.82, 2.24) is 20.3 Å². The van der Waals surface area contributed by atoms with E-state index in [0.717, 1.165) is 5.56 Å². The van der Waals surface area contributed by atoms with Crippen LogP contribution in [0.4, 0.5) is 20.4 Å². The molecule has 5 rings (SSSR count). The number of hydrogen-bond acceptors (Lipinski definition) is 7. The van der Waals surface area contributed by atoms with Gasteiger partial charge in [0.15, 0.2) is 11.6 Å². The first-order valence-corrected chi connectivity index (χ1v) is 13.8. The molecule has 1 saturated heterocycles. The summed E-state index contributed by atoms with van der Waals surface area (Å²) in [6.45, 7) is 4.06. The first-order valence-electron chi connectivity index (χ1n) is 12.5. The number of aromatic nitrogens is 3. The Hall–Kier alpha value is -3.96. The van der Waals surface area contributed by atoms with Crippen molar-refractivity contribution < 1.29 is 17.7 Å². The highest BCUT2D eigenvalue weighted by Crippen LogP contribution is 2.35. The van der Waals surface area contributed by atoms with E-state index in [1.807, 2.05) is 18.2 Å². The molecule has 3 heterocycles. The van der Waals surface area contributed by atoms with E-state index in [1.54, 1.807) is 37.3 Å². The van der Waals surface area contributed by atoms with Crippen molar-refractivity contribution in [2.24, 2.45) is 0 Å². The maximum Gasteiger partial charge on any atom is 0.228 e. The Labute approximate surface area is 228 Å². The van der Waals surface area contributed by atoms with Crippen LogP contribution < -0.4 is 20.5 Å². The molecule has 1 unspecified atom stereocenters. The number of pyridine rings is 1. The van der Waals surface area contributed by atoms with Gasteiger partial charge in [-0.2, -0.15) is 4.39 Å². The van der Waals surface area contributed by atoms with E-state index in [9.17, 15) is 13.0 Å². The van der Waals surface area contributed by atoms with Crippen LogP contribution in [0.25, 0.3) is 11.3 Å². The predicted molar refractivity (Wildman–Crippen MR) is 149 cm³/mol. The average molecular weight is 553 g/mol. The molecule has 1 fully saturated rings. The number of nitrogens with zero attached hydrogens (tertiary/aromatic N) is 3. The van der Waals surface area contributed by atoms with E-state index in [4.69, 9.17) is 10.5 Å². The van der Waals surface area contributed by atoms with Crippen LogP contribution >= 0.6 is 0 Å². The Kier molecular flexibility index (Phi) is 9.87. The summed E-state index contributed by atoms with van der Waals surface area (Å²) in [6.07, 6.45) is 7.13. The second-order valence-corrected chi connectivity index (χ2v) is 10.0. The number of rotatable bonds is 7. The van der Waals surface area contributed by atoms with Crippen LogP contribution in [-0.4, -0.2) is 32.3 Å². The third kappa shape index (κ3) is 7.78. The van der Waals surface area contributed by atoms with Crippen molar-refractivity contribution in [2.45, 2.75) is 31.9 Å². The summed E-state index contributed by atoms with van der Waals surface area (Å²) in [7, 11) is -1.66. The van der Waals surface area contributed by atoms with E-state index >= 15 is 0 Å². The van der Waals surface area contributed by atoms with Crippen molar-refractivity contribution in [3.8, 4) is 22.9 Å². The number of nitrogens with two attached hydrogens (primary N) is 1. The topological polar surface area (TPSA) is 115 Å². The van der Waals surface area contributed by atoms with Crippen molar-refractivity contribution >= 4 is 22.6 Å². The SMILES string of the molecule is C1CCNCC1.Cc1cc(Oc2ncccc2-c2ccnc(N)n2)c(F)c(F)c1NS(=O)Cc1ccccc1. The smallest absolute Gasteiger partial charge is 0.228 e. The molecule has 8 nitrogen and oxygen atoms in total. The van der Waals surface area contributed by atoms with Crippen molar-refractivity contribution in [3.63, 3.8) is 0 Å². The molecule has 39 heavy (non-hydrogen) atoms. The van der Waals surface area contributed by atoms with Crippen LogP contribution in [0.1, 0.15) is 30.4 Å². The van der Waals surface area contributed by atoms with Gasteiger partial charge in [0, 0.05) is 12.4 Å².